The Labute approximate surface area is 196 Å². The van der Waals surface area contributed by atoms with Crippen LogP contribution in [0.3, 0.4) is 0 Å². The van der Waals surface area contributed by atoms with Gasteiger partial charge < -0.3 is 14.4 Å². The molecule has 0 N–H and O–H groups in total. The van der Waals surface area contributed by atoms with Crippen molar-refractivity contribution in [1.82, 2.24) is 0 Å². The van der Waals surface area contributed by atoms with Crippen molar-refractivity contribution in [2.45, 2.75) is 18.9 Å². The zero-order valence-corrected chi connectivity index (χ0v) is 19.3. The van der Waals surface area contributed by atoms with Crippen LogP contribution in [0.25, 0.3) is 0 Å². The quantitative estimate of drug-likeness (QED) is 0.436. The van der Waals surface area contributed by atoms with E-state index in [9.17, 15) is 9.59 Å². The molecule has 5 nitrogen and oxygen atoms in total. The molecule has 0 saturated carbocycles. The van der Waals surface area contributed by atoms with Crippen LogP contribution in [0.5, 0.6) is 11.5 Å². The van der Waals surface area contributed by atoms with E-state index in [-0.39, 0.29) is 12.5 Å². The zero-order chi connectivity index (χ0) is 23.0. The summed E-state index contributed by atoms with van der Waals surface area (Å²) in [4.78, 5) is 27.1. The van der Waals surface area contributed by atoms with Crippen LogP contribution in [0.15, 0.2) is 54.6 Å². The molecular weight excluding hydrogens is 449 g/mol. The standard InChI is InChI=1S/C25H21Cl2NO4/c1-25(19-10-15(14-29)4-8-21(19)27)20-11-17(26)6-9-22(20)28(24(25)30)13-16-5-7-18(31-2)12-23(16)32-3/h4-12,14H,13H2,1-3H3. The maximum atomic E-state index is 13.9. The lowest BCUT2D eigenvalue weighted by Crippen LogP contribution is -2.39. The van der Waals surface area contributed by atoms with Crippen molar-refractivity contribution in [1.29, 1.82) is 0 Å². The minimum atomic E-state index is -1.12. The number of fused-ring (bicyclic) bond motifs is 1. The predicted octanol–water partition coefficient (Wildman–Crippen LogP) is 5.68. The predicted molar refractivity (Wildman–Crippen MR) is 125 cm³/mol. The van der Waals surface area contributed by atoms with Crippen LogP contribution < -0.4 is 14.4 Å². The van der Waals surface area contributed by atoms with Gasteiger partial charge in [0.1, 0.15) is 23.2 Å². The van der Waals surface area contributed by atoms with Crippen molar-refractivity contribution in [3.63, 3.8) is 0 Å². The molecule has 1 unspecified atom stereocenters. The van der Waals surface area contributed by atoms with Crippen molar-refractivity contribution in [3.8, 4) is 11.5 Å². The molecule has 0 bridgehead atoms. The van der Waals surface area contributed by atoms with Crippen molar-refractivity contribution < 1.29 is 19.1 Å². The molecule has 3 aromatic rings. The number of halogens is 2. The number of nitrogens with zero attached hydrogens (tertiary/aromatic N) is 1. The summed E-state index contributed by atoms with van der Waals surface area (Å²) >= 11 is 12.9. The highest BCUT2D eigenvalue weighted by Gasteiger charge is 2.49. The molecule has 0 fully saturated rings. The largest absolute Gasteiger partial charge is 0.497 e. The van der Waals surface area contributed by atoms with E-state index >= 15 is 0 Å². The lowest BCUT2D eigenvalue weighted by atomic mass is 9.76. The fourth-order valence-corrected chi connectivity index (χ4v) is 4.69. The highest BCUT2D eigenvalue weighted by atomic mass is 35.5. The minimum absolute atomic E-state index is 0.169. The number of hydrogen-bond acceptors (Lipinski definition) is 4. The van der Waals surface area contributed by atoms with Crippen molar-refractivity contribution in [2.75, 3.05) is 19.1 Å². The van der Waals surface area contributed by atoms with Gasteiger partial charge in [0.25, 0.3) is 0 Å². The van der Waals surface area contributed by atoms with Crippen LogP contribution in [0.2, 0.25) is 10.0 Å². The fraction of sp³-hybridized carbons (Fsp3) is 0.200. The lowest BCUT2D eigenvalue weighted by Gasteiger charge is -2.26. The first-order chi connectivity index (χ1) is 15.3. The van der Waals surface area contributed by atoms with Gasteiger partial charge >= 0.3 is 0 Å². The molecule has 0 radical (unpaired) electrons. The number of hydrogen-bond donors (Lipinski definition) is 0. The number of benzene rings is 3. The van der Waals surface area contributed by atoms with Crippen molar-refractivity contribution in [2.24, 2.45) is 0 Å². The highest BCUT2D eigenvalue weighted by molar-refractivity contribution is 6.33. The lowest BCUT2D eigenvalue weighted by molar-refractivity contribution is -0.121. The zero-order valence-electron chi connectivity index (χ0n) is 17.8. The monoisotopic (exact) mass is 469 g/mol. The van der Waals surface area contributed by atoms with Gasteiger partial charge in [-0.25, -0.2) is 0 Å². The van der Waals surface area contributed by atoms with Gasteiger partial charge in [-0.3, -0.25) is 9.59 Å². The Kier molecular flexibility index (Phi) is 5.89. The summed E-state index contributed by atoms with van der Waals surface area (Å²) in [6, 6.07) is 15.8. The molecule has 1 atom stereocenters. The first kappa shape index (κ1) is 22.2. The summed E-state index contributed by atoms with van der Waals surface area (Å²) in [5.41, 5.74) is 2.16. The van der Waals surface area contributed by atoms with Crippen molar-refractivity contribution in [3.05, 3.63) is 86.9 Å². The molecule has 0 aromatic heterocycles. The second-order valence-corrected chi connectivity index (χ2v) is 8.56. The number of ether oxygens (including phenoxy) is 2. The van der Waals surface area contributed by atoms with Gasteiger partial charge in [0.2, 0.25) is 5.91 Å². The second kappa shape index (κ2) is 8.49. The molecule has 4 rings (SSSR count). The maximum Gasteiger partial charge on any atom is 0.242 e. The summed E-state index contributed by atoms with van der Waals surface area (Å²) in [5, 5.41) is 0.913. The number of aldehydes is 1. The molecule has 3 aromatic carbocycles. The highest BCUT2D eigenvalue weighted by Crippen LogP contribution is 2.49. The molecule has 1 aliphatic rings. The summed E-state index contributed by atoms with van der Waals surface area (Å²) < 4.78 is 10.8. The normalized spacial score (nSPS) is 17.3. The molecule has 7 heteroatoms. The number of carbonyl (C=O) groups excluding carboxylic acids is 2. The molecule has 32 heavy (non-hydrogen) atoms. The third-order valence-corrected chi connectivity index (χ3v) is 6.51. The van der Waals surface area contributed by atoms with Gasteiger partial charge in [-0.15, -0.1) is 0 Å². The van der Waals surface area contributed by atoms with Gasteiger partial charge in [0, 0.05) is 32.9 Å². The Morgan fingerprint density at radius 1 is 0.969 bits per heavy atom. The fourth-order valence-electron chi connectivity index (χ4n) is 4.21. The smallest absolute Gasteiger partial charge is 0.242 e. The van der Waals surface area contributed by atoms with Crippen LogP contribution in [0.4, 0.5) is 5.69 Å². The van der Waals surface area contributed by atoms with Gasteiger partial charge in [-0.05, 0) is 60.5 Å². The number of methoxy groups -OCH3 is 2. The summed E-state index contributed by atoms with van der Waals surface area (Å²) in [6.45, 7) is 2.09. The van der Waals surface area contributed by atoms with E-state index in [2.05, 4.69) is 0 Å². The van der Waals surface area contributed by atoms with Gasteiger partial charge in [0.05, 0.1) is 20.8 Å². The summed E-state index contributed by atoms with van der Waals surface area (Å²) in [6.07, 6.45) is 0.738. The third kappa shape index (κ3) is 3.51. The van der Waals surface area contributed by atoms with Gasteiger partial charge in [-0.1, -0.05) is 29.3 Å². The average molecular weight is 470 g/mol. The van der Waals surface area contributed by atoms with Crippen LogP contribution >= 0.6 is 23.2 Å². The van der Waals surface area contributed by atoms with E-state index in [1.54, 1.807) is 55.5 Å². The van der Waals surface area contributed by atoms with E-state index in [1.807, 2.05) is 25.1 Å². The van der Waals surface area contributed by atoms with E-state index in [1.165, 1.54) is 0 Å². The van der Waals surface area contributed by atoms with Crippen molar-refractivity contribution >= 4 is 41.1 Å². The second-order valence-electron chi connectivity index (χ2n) is 7.71. The van der Waals surface area contributed by atoms with E-state index in [0.29, 0.717) is 32.7 Å². The van der Waals surface area contributed by atoms with E-state index in [4.69, 9.17) is 32.7 Å². The topological polar surface area (TPSA) is 55.8 Å². The Morgan fingerprint density at radius 2 is 1.75 bits per heavy atom. The molecule has 0 aliphatic carbocycles. The molecule has 1 amide bonds. The number of amides is 1. The Bertz CT molecular complexity index is 1230. The van der Waals surface area contributed by atoms with Crippen LogP contribution in [-0.4, -0.2) is 26.4 Å². The maximum absolute atomic E-state index is 13.9. The number of carbonyl (C=O) groups is 2. The molecule has 0 spiro atoms. The Balaban J connectivity index is 1.86. The Morgan fingerprint density at radius 3 is 2.44 bits per heavy atom. The third-order valence-electron chi connectivity index (χ3n) is 5.95. The first-order valence-electron chi connectivity index (χ1n) is 9.91. The average Bonchev–Trinajstić information content (AvgIpc) is 3.01. The molecule has 164 valence electrons. The molecular formula is C25H21Cl2NO4. The van der Waals surface area contributed by atoms with Gasteiger partial charge in [-0.2, -0.15) is 0 Å². The first-order valence-corrected chi connectivity index (χ1v) is 10.7. The van der Waals surface area contributed by atoms with E-state index < -0.39 is 5.41 Å². The molecule has 1 heterocycles. The Hall–Kier alpha value is -3.02. The van der Waals surface area contributed by atoms with Gasteiger partial charge in [0.15, 0.2) is 0 Å². The van der Waals surface area contributed by atoms with Crippen LogP contribution in [0, 0.1) is 0 Å². The minimum Gasteiger partial charge on any atom is -0.497 e. The number of rotatable bonds is 6. The summed E-state index contributed by atoms with van der Waals surface area (Å²) in [7, 11) is 3.16. The van der Waals surface area contributed by atoms with E-state index in [0.717, 1.165) is 23.1 Å². The number of anilines is 1. The molecule has 1 aliphatic heterocycles. The molecule has 0 saturated heterocycles. The SMILES string of the molecule is COc1ccc(CN2C(=O)C(C)(c3cc(C=O)ccc3Cl)c3cc(Cl)ccc32)c(OC)c1. The van der Waals surface area contributed by atoms with Crippen LogP contribution in [-0.2, 0) is 16.8 Å². The summed E-state index contributed by atoms with van der Waals surface area (Å²) in [5.74, 6) is 1.10. The van der Waals surface area contributed by atoms with Crippen LogP contribution in [0.1, 0.15) is 34.0 Å².